The summed E-state index contributed by atoms with van der Waals surface area (Å²) in [4.78, 5) is 17.5. The fourth-order valence-electron chi connectivity index (χ4n) is 1.52. The molecular formula is C11H20N4O. The molecule has 1 rings (SSSR count). The molecule has 16 heavy (non-hydrogen) atoms. The average molecular weight is 224 g/mol. The van der Waals surface area contributed by atoms with Crippen molar-refractivity contribution in [2.45, 2.75) is 20.3 Å². The second-order valence-electron chi connectivity index (χ2n) is 3.68. The molecule has 1 aromatic heterocycles. The number of hydrogen-bond acceptors (Lipinski definition) is 2. The number of nitrogens with one attached hydrogen (secondary N) is 1. The number of aryl methyl sites for hydroxylation is 1. The van der Waals surface area contributed by atoms with Gasteiger partial charge in [0.05, 0.1) is 12.0 Å². The molecule has 5 heteroatoms. The first-order chi connectivity index (χ1) is 7.67. The van der Waals surface area contributed by atoms with Gasteiger partial charge in [0, 0.05) is 39.3 Å². The molecule has 0 saturated carbocycles. The van der Waals surface area contributed by atoms with Crippen LogP contribution in [0.2, 0.25) is 0 Å². The van der Waals surface area contributed by atoms with Crippen LogP contribution in [-0.2, 0) is 13.5 Å². The van der Waals surface area contributed by atoms with E-state index in [-0.39, 0.29) is 6.03 Å². The van der Waals surface area contributed by atoms with E-state index in [4.69, 9.17) is 0 Å². The van der Waals surface area contributed by atoms with E-state index in [1.807, 2.05) is 31.7 Å². The van der Waals surface area contributed by atoms with E-state index in [2.05, 4.69) is 10.3 Å². The maximum absolute atomic E-state index is 11.6. The van der Waals surface area contributed by atoms with E-state index in [1.54, 1.807) is 11.2 Å². The lowest BCUT2D eigenvalue weighted by molar-refractivity contribution is 0.203. The highest BCUT2D eigenvalue weighted by Crippen LogP contribution is 1.94. The highest BCUT2D eigenvalue weighted by molar-refractivity contribution is 5.74. The topological polar surface area (TPSA) is 50.2 Å². The standard InChI is InChI=1S/C11H20N4O/c1-4-15(5-2)11(16)12-7-6-10-8-14(3)9-13-10/h8-9H,4-7H2,1-3H3,(H,12,16). The Morgan fingerprint density at radius 3 is 2.69 bits per heavy atom. The molecule has 1 N–H and O–H groups in total. The van der Waals surface area contributed by atoms with E-state index >= 15 is 0 Å². The number of hydrogen-bond donors (Lipinski definition) is 1. The maximum atomic E-state index is 11.6. The minimum absolute atomic E-state index is 0.000862. The molecule has 0 saturated heterocycles. The zero-order valence-electron chi connectivity index (χ0n) is 10.2. The van der Waals surface area contributed by atoms with Gasteiger partial charge in [-0.25, -0.2) is 9.78 Å². The Morgan fingerprint density at radius 2 is 2.19 bits per heavy atom. The van der Waals surface area contributed by atoms with Crippen LogP contribution < -0.4 is 5.32 Å². The van der Waals surface area contributed by atoms with E-state index in [0.29, 0.717) is 6.54 Å². The van der Waals surface area contributed by atoms with Crippen LogP contribution in [0.25, 0.3) is 0 Å². The van der Waals surface area contributed by atoms with Crippen molar-refractivity contribution in [3.05, 3.63) is 18.2 Å². The van der Waals surface area contributed by atoms with Crippen LogP contribution in [0, 0.1) is 0 Å². The van der Waals surface area contributed by atoms with Crippen LogP contribution in [0.15, 0.2) is 12.5 Å². The van der Waals surface area contributed by atoms with Crippen molar-refractivity contribution < 1.29 is 4.79 Å². The van der Waals surface area contributed by atoms with Gasteiger partial charge in [-0.3, -0.25) is 0 Å². The molecule has 0 fully saturated rings. The largest absolute Gasteiger partial charge is 0.340 e. The molecule has 1 heterocycles. The van der Waals surface area contributed by atoms with E-state index in [9.17, 15) is 4.79 Å². The minimum Gasteiger partial charge on any atom is -0.340 e. The molecule has 1 aromatic rings. The molecule has 0 spiro atoms. The summed E-state index contributed by atoms with van der Waals surface area (Å²) in [5.74, 6) is 0. The van der Waals surface area contributed by atoms with Crippen LogP contribution in [0.4, 0.5) is 4.79 Å². The molecule has 0 aliphatic rings. The van der Waals surface area contributed by atoms with Crippen molar-refractivity contribution in [2.75, 3.05) is 19.6 Å². The van der Waals surface area contributed by atoms with Crippen molar-refractivity contribution in [3.63, 3.8) is 0 Å². The highest BCUT2D eigenvalue weighted by Gasteiger charge is 2.07. The average Bonchev–Trinajstić information content (AvgIpc) is 2.66. The SMILES string of the molecule is CCN(CC)C(=O)NCCc1cn(C)cn1. The zero-order valence-corrected chi connectivity index (χ0v) is 10.2. The maximum Gasteiger partial charge on any atom is 0.317 e. The van der Waals surface area contributed by atoms with Gasteiger partial charge in [0.25, 0.3) is 0 Å². The predicted octanol–water partition coefficient (Wildman–Crippen LogP) is 1.01. The summed E-state index contributed by atoms with van der Waals surface area (Å²) in [6.07, 6.45) is 4.50. The summed E-state index contributed by atoms with van der Waals surface area (Å²) in [6, 6.07) is 0.000862. The van der Waals surface area contributed by atoms with Crippen LogP contribution >= 0.6 is 0 Å². The minimum atomic E-state index is 0.000862. The quantitative estimate of drug-likeness (QED) is 0.811. The van der Waals surface area contributed by atoms with Gasteiger partial charge in [0.1, 0.15) is 0 Å². The number of carbonyl (C=O) groups excluding carboxylic acids is 1. The fraction of sp³-hybridized carbons (Fsp3) is 0.636. The van der Waals surface area contributed by atoms with E-state index in [1.165, 1.54) is 0 Å². The first kappa shape index (κ1) is 12.5. The number of imidazole rings is 1. The van der Waals surface area contributed by atoms with Crippen LogP contribution in [0.1, 0.15) is 19.5 Å². The van der Waals surface area contributed by atoms with Gasteiger partial charge < -0.3 is 14.8 Å². The molecule has 90 valence electrons. The summed E-state index contributed by atoms with van der Waals surface area (Å²) < 4.78 is 1.90. The Balaban J connectivity index is 2.27. The smallest absolute Gasteiger partial charge is 0.317 e. The summed E-state index contributed by atoms with van der Waals surface area (Å²) in [5, 5.41) is 2.88. The predicted molar refractivity (Wildman–Crippen MR) is 63.2 cm³/mol. The Kier molecular flexibility index (Phi) is 4.82. The first-order valence-electron chi connectivity index (χ1n) is 5.67. The number of carbonyl (C=O) groups is 1. The zero-order chi connectivity index (χ0) is 12.0. The van der Waals surface area contributed by atoms with Gasteiger partial charge >= 0.3 is 6.03 Å². The fourth-order valence-corrected chi connectivity index (χ4v) is 1.52. The van der Waals surface area contributed by atoms with Crippen molar-refractivity contribution >= 4 is 6.03 Å². The van der Waals surface area contributed by atoms with Crippen LogP contribution in [-0.4, -0.2) is 40.1 Å². The van der Waals surface area contributed by atoms with Crippen LogP contribution in [0.5, 0.6) is 0 Å². The highest BCUT2D eigenvalue weighted by atomic mass is 16.2. The number of rotatable bonds is 5. The van der Waals surface area contributed by atoms with Crippen molar-refractivity contribution in [1.82, 2.24) is 19.8 Å². The third-order valence-electron chi connectivity index (χ3n) is 2.47. The van der Waals surface area contributed by atoms with Gasteiger partial charge in [0.2, 0.25) is 0 Å². The lowest BCUT2D eigenvalue weighted by atomic mass is 10.3. The van der Waals surface area contributed by atoms with Gasteiger partial charge in [-0.15, -0.1) is 0 Å². The summed E-state index contributed by atoms with van der Waals surface area (Å²) >= 11 is 0. The molecule has 0 aromatic carbocycles. The molecule has 0 unspecified atom stereocenters. The molecule has 0 aliphatic carbocycles. The molecule has 0 bridgehead atoms. The Labute approximate surface area is 96.5 Å². The lowest BCUT2D eigenvalue weighted by Crippen LogP contribution is -2.40. The molecule has 5 nitrogen and oxygen atoms in total. The number of nitrogens with zero attached hydrogens (tertiary/aromatic N) is 3. The molecule has 0 atom stereocenters. The molecule has 0 aliphatic heterocycles. The normalized spacial score (nSPS) is 10.2. The monoisotopic (exact) mass is 224 g/mol. The Hall–Kier alpha value is -1.52. The van der Waals surface area contributed by atoms with Crippen LogP contribution in [0.3, 0.4) is 0 Å². The number of amides is 2. The number of aromatic nitrogens is 2. The summed E-state index contributed by atoms with van der Waals surface area (Å²) in [6.45, 7) is 6.06. The van der Waals surface area contributed by atoms with Gasteiger partial charge in [-0.1, -0.05) is 0 Å². The Bertz CT molecular complexity index is 330. The lowest BCUT2D eigenvalue weighted by Gasteiger charge is -2.18. The third-order valence-corrected chi connectivity index (χ3v) is 2.47. The second kappa shape index (κ2) is 6.15. The van der Waals surface area contributed by atoms with E-state index < -0.39 is 0 Å². The summed E-state index contributed by atoms with van der Waals surface area (Å²) in [7, 11) is 1.94. The third kappa shape index (κ3) is 3.56. The van der Waals surface area contributed by atoms with Gasteiger partial charge in [0.15, 0.2) is 0 Å². The summed E-state index contributed by atoms with van der Waals surface area (Å²) in [5.41, 5.74) is 1.00. The number of urea groups is 1. The molecule has 2 amide bonds. The molecule has 0 radical (unpaired) electrons. The van der Waals surface area contributed by atoms with Gasteiger partial charge in [-0.05, 0) is 13.8 Å². The van der Waals surface area contributed by atoms with Crippen molar-refractivity contribution in [3.8, 4) is 0 Å². The first-order valence-corrected chi connectivity index (χ1v) is 5.67. The van der Waals surface area contributed by atoms with E-state index in [0.717, 1.165) is 25.2 Å². The van der Waals surface area contributed by atoms with Crippen molar-refractivity contribution in [1.29, 1.82) is 0 Å². The van der Waals surface area contributed by atoms with Crippen molar-refractivity contribution in [2.24, 2.45) is 7.05 Å². The van der Waals surface area contributed by atoms with Gasteiger partial charge in [-0.2, -0.15) is 0 Å². The molecular weight excluding hydrogens is 204 g/mol. The second-order valence-corrected chi connectivity index (χ2v) is 3.68. The Morgan fingerprint density at radius 1 is 1.50 bits per heavy atom.